The molecule has 2 rings (SSSR count). The maximum atomic E-state index is 11.3. The number of hydrogen-bond acceptors (Lipinski definition) is 5. The first-order valence-electron chi connectivity index (χ1n) is 5.23. The van der Waals surface area contributed by atoms with Crippen molar-refractivity contribution in [1.29, 1.82) is 0 Å². The van der Waals surface area contributed by atoms with E-state index >= 15 is 0 Å². The van der Waals surface area contributed by atoms with Gasteiger partial charge in [0.05, 0.1) is 4.90 Å². The van der Waals surface area contributed by atoms with Gasteiger partial charge in [-0.1, -0.05) is 0 Å². The Labute approximate surface area is 105 Å². The summed E-state index contributed by atoms with van der Waals surface area (Å²) in [6.45, 7) is 0. The number of hydrogen-bond donors (Lipinski definition) is 3. The summed E-state index contributed by atoms with van der Waals surface area (Å²) in [5.74, 6) is 2.15. The number of primary sulfonamides is 1. The summed E-state index contributed by atoms with van der Waals surface area (Å²) >= 11 is 1.88. The first-order valence-corrected chi connectivity index (χ1v) is 7.93. The molecule has 1 atom stereocenters. The number of nitrogens with two attached hydrogens (primary N) is 2. The number of sulfonamides is 1. The minimum atomic E-state index is -3.71. The van der Waals surface area contributed by atoms with Crippen LogP contribution in [0.25, 0.3) is 0 Å². The van der Waals surface area contributed by atoms with Crippen LogP contribution in [0.5, 0.6) is 0 Å². The molecular formula is C10H15N3O2S2. The monoisotopic (exact) mass is 273 g/mol. The number of anilines is 2. The van der Waals surface area contributed by atoms with E-state index in [-0.39, 0.29) is 4.90 Å². The quantitative estimate of drug-likeness (QED) is 0.709. The van der Waals surface area contributed by atoms with Crippen LogP contribution in [0.2, 0.25) is 0 Å². The van der Waals surface area contributed by atoms with Crippen LogP contribution < -0.4 is 16.2 Å². The van der Waals surface area contributed by atoms with Gasteiger partial charge in [-0.25, -0.2) is 13.6 Å². The van der Waals surface area contributed by atoms with Gasteiger partial charge < -0.3 is 11.1 Å². The highest BCUT2D eigenvalue weighted by Gasteiger charge is 2.16. The highest BCUT2D eigenvalue weighted by Crippen LogP contribution is 2.24. The summed E-state index contributed by atoms with van der Waals surface area (Å²) in [4.78, 5) is 0.0469. The molecule has 0 radical (unpaired) electrons. The van der Waals surface area contributed by atoms with Crippen LogP contribution in [0.3, 0.4) is 0 Å². The molecule has 0 bridgehead atoms. The SMILES string of the molecule is Nc1cc(NC2CCSC2)cc(S(N)(=O)=O)c1. The van der Waals surface area contributed by atoms with Crippen LogP contribution in [0.4, 0.5) is 11.4 Å². The van der Waals surface area contributed by atoms with Crippen LogP contribution in [0, 0.1) is 0 Å². The fraction of sp³-hybridized carbons (Fsp3) is 0.400. The zero-order valence-corrected chi connectivity index (χ0v) is 10.9. The van der Waals surface area contributed by atoms with Crippen molar-refractivity contribution in [2.45, 2.75) is 17.4 Å². The van der Waals surface area contributed by atoms with E-state index in [1.807, 2.05) is 11.8 Å². The maximum absolute atomic E-state index is 11.3. The molecule has 0 aliphatic carbocycles. The molecule has 7 heteroatoms. The fourth-order valence-corrected chi connectivity index (χ4v) is 3.50. The zero-order valence-electron chi connectivity index (χ0n) is 9.22. The maximum Gasteiger partial charge on any atom is 0.238 e. The third-order valence-corrected chi connectivity index (χ3v) is 4.61. The summed E-state index contributed by atoms with van der Waals surface area (Å²) in [6.07, 6.45) is 1.07. The molecular weight excluding hydrogens is 258 g/mol. The average molecular weight is 273 g/mol. The van der Waals surface area contributed by atoms with Crippen molar-refractivity contribution in [2.75, 3.05) is 22.6 Å². The van der Waals surface area contributed by atoms with E-state index in [9.17, 15) is 8.42 Å². The van der Waals surface area contributed by atoms with Crippen LogP contribution in [-0.2, 0) is 10.0 Å². The predicted octanol–water partition coefficient (Wildman–Crippen LogP) is 0.834. The Hall–Kier alpha value is -0.920. The Balaban J connectivity index is 2.25. The molecule has 0 aromatic heterocycles. The number of nitrogens with one attached hydrogen (secondary N) is 1. The Kier molecular flexibility index (Phi) is 3.50. The summed E-state index contributed by atoms with van der Waals surface area (Å²) in [6, 6.07) is 4.98. The first-order chi connectivity index (χ1) is 7.95. The smallest absolute Gasteiger partial charge is 0.238 e. The minimum absolute atomic E-state index is 0.0469. The lowest BCUT2D eigenvalue weighted by molar-refractivity contribution is 0.598. The lowest BCUT2D eigenvalue weighted by Gasteiger charge is -2.14. The molecule has 1 fully saturated rings. The number of benzene rings is 1. The molecule has 5 nitrogen and oxygen atoms in total. The van der Waals surface area contributed by atoms with E-state index in [0.717, 1.165) is 17.9 Å². The lowest BCUT2D eigenvalue weighted by Crippen LogP contribution is -2.19. The van der Waals surface area contributed by atoms with Crippen molar-refractivity contribution in [3.8, 4) is 0 Å². The van der Waals surface area contributed by atoms with E-state index in [1.54, 1.807) is 6.07 Å². The molecule has 1 aliphatic heterocycles. The molecule has 0 saturated carbocycles. The molecule has 0 spiro atoms. The Bertz CT molecular complexity index is 510. The largest absolute Gasteiger partial charge is 0.399 e. The topological polar surface area (TPSA) is 98.2 Å². The second-order valence-corrected chi connectivity index (χ2v) is 6.75. The van der Waals surface area contributed by atoms with Gasteiger partial charge in [-0.15, -0.1) is 0 Å². The summed E-state index contributed by atoms with van der Waals surface area (Å²) < 4.78 is 22.5. The molecule has 1 heterocycles. The van der Waals surface area contributed by atoms with Crippen LogP contribution >= 0.6 is 11.8 Å². The molecule has 17 heavy (non-hydrogen) atoms. The standard InChI is InChI=1S/C10H15N3O2S2/c11-7-3-9(13-8-1-2-16-6-8)5-10(4-7)17(12,14)15/h3-5,8,13H,1-2,6,11H2,(H2,12,14,15). The lowest BCUT2D eigenvalue weighted by atomic mass is 10.2. The molecule has 1 aliphatic rings. The molecule has 1 unspecified atom stereocenters. The number of thioether (sulfide) groups is 1. The van der Waals surface area contributed by atoms with Gasteiger partial charge in [0.15, 0.2) is 0 Å². The highest BCUT2D eigenvalue weighted by molar-refractivity contribution is 7.99. The Morgan fingerprint density at radius 2 is 2.12 bits per heavy atom. The van der Waals surface area contributed by atoms with Gasteiger partial charge in [-0.3, -0.25) is 0 Å². The van der Waals surface area contributed by atoms with Gasteiger partial charge in [-0.05, 0) is 30.4 Å². The first kappa shape index (κ1) is 12.5. The van der Waals surface area contributed by atoms with Crippen molar-refractivity contribution < 1.29 is 8.42 Å². The number of rotatable bonds is 3. The molecule has 94 valence electrons. The van der Waals surface area contributed by atoms with Crippen molar-refractivity contribution in [3.63, 3.8) is 0 Å². The van der Waals surface area contributed by atoms with Gasteiger partial charge in [0.1, 0.15) is 0 Å². The van der Waals surface area contributed by atoms with E-state index < -0.39 is 10.0 Å². The molecule has 1 aromatic carbocycles. The highest BCUT2D eigenvalue weighted by atomic mass is 32.2. The third-order valence-electron chi connectivity index (χ3n) is 2.56. The van der Waals surface area contributed by atoms with Gasteiger partial charge in [-0.2, -0.15) is 11.8 Å². The predicted molar refractivity (Wildman–Crippen MR) is 71.6 cm³/mol. The summed E-state index contributed by atoms with van der Waals surface area (Å²) in [5.41, 5.74) is 6.77. The zero-order chi connectivity index (χ0) is 12.5. The van der Waals surface area contributed by atoms with E-state index in [1.165, 1.54) is 12.1 Å². The second kappa shape index (κ2) is 4.75. The molecule has 5 N–H and O–H groups in total. The second-order valence-electron chi connectivity index (χ2n) is 4.04. The van der Waals surface area contributed by atoms with Gasteiger partial charge in [0.2, 0.25) is 10.0 Å². The van der Waals surface area contributed by atoms with E-state index in [2.05, 4.69) is 5.32 Å². The van der Waals surface area contributed by atoms with Crippen molar-refractivity contribution in [2.24, 2.45) is 5.14 Å². The van der Waals surface area contributed by atoms with Crippen LogP contribution in [0.1, 0.15) is 6.42 Å². The summed E-state index contributed by atoms with van der Waals surface area (Å²) in [5, 5.41) is 8.36. The minimum Gasteiger partial charge on any atom is -0.399 e. The molecule has 0 amide bonds. The average Bonchev–Trinajstić information content (AvgIpc) is 2.68. The van der Waals surface area contributed by atoms with Gasteiger partial charge >= 0.3 is 0 Å². The molecule has 1 saturated heterocycles. The Morgan fingerprint density at radius 1 is 1.35 bits per heavy atom. The van der Waals surface area contributed by atoms with Crippen molar-refractivity contribution in [3.05, 3.63) is 18.2 Å². The number of nitrogen functional groups attached to an aromatic ring is 1. The normalized spacial score (nSPS) is 20.4. The van der Waals surface area contributed by atoms with Gasteiger partial charge in [0, 0.05) is 23.2 Å². The summed E-state index contributed by atoms with van der Waals surface area (Å²) in [7, 11) is -3.71. The van der Waals surface area contributed by atoms with Gasteiger partial charge in [0.25, 0.3) is 0 Å². The van der Waals surface area contributed by atoms with E-state index in [0.29, 0.717) is 17.4 Å². The van der Waals surface area contributed by atoms with E-state index in [4.69, 9.17) is 10.9 Å². The third kappa shape index (κ3) is 3.27. The van der Waals surface area contributed by atoms with Crippen molar-refractivity contribution >= 4 is 33.2 Å². The molecule has 1 aromatic rings. The fourth-order valence-electron chi connectivity index (χ4n) is 1.75. The Morgan fingerprint density at radius 3 is 2.71 bits per heavy atom. The van der Waals surface area contributed by atoms with Crippen LogP contribution in [0.15, 0.2) is 23.1 Å². The van der Waals surface area contributed by atoms with Crippen LogP contribution in [-0.4, -0.2) is 26.0 Å². The van der Waals surface area contributed by atoms with Crippen molar-refractivity contribution in [1.82, 2.24) is 0 Å².